The number of para-hydroxylation sites is 3. The average Bonchev–Trinajstić information content (AvgIpc) is 2.69. The van der Waals surface area contributed by atoms with Gasteiger partial charge in [-0.3, -0.25) is 4.79 Å². The first-order chi connectivity index (χ1) is 12.8. The molecule has 0 bridgehead atoms. The zero-order valence-corrected chi connectivity index (χ0v) is 15.1. The third kappa shape index (κ3) is 4.76. The van der Waals surface area contributed by atoms with E-state index in [1.807, 2.05) is 43.3 Å². The van der Waals surface area contributed by atoms with Crippen molar-refractivity contribution in [3.8, 4) is 11.5 Å². The minimum atomic E-state index is -0.223. The van der Waals surface area contributed by atoms with Crippen LogP contribution in [0.4, 0.5) is 5.69 Å². The van der Waals surface area contributed by atoms with E-state index in [1.54, 1.807) is 12.1 Å². The Hall–Kier alpha value is -2.53. The minimum absolute atomic E-state index is 0.117. The summed E-state index contributed by atoms with van der Waals surface area (Å²) in [4.78, 5) is 12.7. The van der Waals surface area contributed by atoms with Crippen molar-refractivity contribution in [2.24, 2.45) is 0 Å². The zero-order valence-electron chi connectivity index (χ0n) is 15.1. The second-order valence-electron chi connectivity index (χ2n) is 6.18. The van der Waals surface area contributed by atoms with Crippen molar-refractivity contribution in [1.29, 1.82) is 0 Å². The van der Waals surface area contributed by atoms with Gasteiger partial charge in [0.15, 0.2) is 0 Å². The third-order valence-electron chi connectivity index (χ3n) is 4.27. The van der Waals surface area contributed by atoms with Crippen LogP contribution in [0.2, 0.25) is 0 Å². The molecule has 26 heavy (non-hydrogen) atoms. The maximum absolute atomic E-state index is 12.7. The molecular weight excluding hydrogens is 330 g/mol. The number of rotatable bonds is 7. The van der Waals surface area contributed by atoms with Gasteiger partial charge in [-0.25, -0.2) is 0 Å². The molecule has 1 fully saturated rings. The van der Waals surface area contributed by atoms with Gasteiger partial charge in [0.05, 0.1) is 24.0 Å². The minimum Gasteiger partial charge on any atom is -0.493 e. The van der Waals surface area contributed by atoms with Crippen LogP contribution in [0, 0.1) is 0 Å². The fourth-order valence-corrected chi connectivity index (χ4v) is 2.94. The zero-order chi connectivity index (χ0) is 18.2. The van der Waals surface area contributed by atoms with Crippen molar-refractivity contribution in [2.75, 3.05) is 25.1 Å². The van der Waals surface area contributed by atoms with Gasteiger partial charge >= 0.3 is 0 Å². The molecule has 1 aliphatic rings. The van der Waals surface area contributed by atoms with Crippen molar-refractivity contribution in [2.45, 2.75) is 32.3 Å². The fourth-order valence-electron chi connectivity index (χ4n) is 2.94. The number of hydrogen-bond donors (Lipinski definition) is 1. The molecule has 1 N–H and O–H groups in total. The van der Waals surface area contributed by atoms with Gasteiger partial charge in [0.25, 0.3) is 5.91 Å². The van der Waals surface area contributed by atoms with Gasteiger partial charge in [-0.2, -0.15) is 0 Å². The highest BCUT2D eigenvalue weighted by atomic mass is 16.5. The molecule has 2 aromatic carbocycles. The molecule has 1 atom stereocenters. The Bertz CT molecular complexity index is 725. The first-order valence-electron chi connectivity index (χ1n) is 9.14. The van der Waals surface area contributed by atoms with E-state index in [2.05, 4.69) is 5.32 Å². The number of hydrogen-bond acceptors (Lipinski definition) is 4. The molecule has 1 unspecified atom stereocenters. The SMILES string of the molecule is CCOc1ccccc1C(=O)Nc1ccccc1OCC1CCCCO1. The number of amides is 1. The molecular formula is C21H25NO4. The second kappa shape index (κ2) is 9.25. The summed E-state index contributed by atoms with van der Waals surface area (Å²) in [7, 11) is 0. The predicted molar refractivity (Wildman–Crippen MR) is 101 cm³/mol. The van der Waals surface area contributed by atoms with E-state index < -0.39 is 0 Å². The highest BCUT2D eigenvalue weighted by molar-refractivity contribution is 6.06. The van der Waals surface area contributed by atoms with E-state index >= 15 is 0 Å². The smallest absolute Gasteiger partial charge is 0.259 e. The van der Waals surface area contributed by atoms with Crippen LogP contribution in [0.25, 0.3) is 0 Å². The summed E-state index contributed by atoms with van der Waals surface area (Å²) in [6, 6.07) is 14.7. The first kappa shape index (κ1) is 18.3. The van der Waals surface area contributed by atoms with Crippen molar-refractivity contribution in [3.63, 3.8) is 0 Å². The number of benzene rings is 2. The van der Waals surface area contributed by atoms with Crippen LogP contribution < -0.4 is 14.8 Å². The summed E-state index contributed by atoms with van der Waals surface area (Å²) >= 11 is 0. The summed E-state index contributed by atoms with van der Waals surface area (Å²) in [5.41, 5.74) is 1.14. The van der Waals surface area contributed by atoms with E-state index in [1.165, 1.54) is 6.42 Å². The van der Waals surface area contributed by atoms with Crippen molar-refractivity contribution < 1.29 is 19.0 Å². The molecule has 0 spiro atoms. The number of ether oxygens (including phenoxy) is 3. The maximum Gasteiger partial charge on any atom is 0.259 e. The Kier molecular flexibility index (Phi) is 6.50. The lowest BCUT2D eigenvalue weighted by Gasteiger charge is -2.23. The Morgan fingerprint density at radius 2 is 1.85 bits per heavy atom. The Labute approximate surface area is 154 Å². The van der Waals surface area contributed by atoms with Gasteiger partial charge in [0, 0.05) is 6.61 Å². The summed E-state index contributed by atoms with van der Waals surface area (Å²) < 4.78 is 17.2. The van der Waals surface area contributed by atoms with Crippen molar-refractivity contribution >= 4 is 11.6 Å². The average molecular weight is 355 g/mol. The molecule has 2 aromatic rings. The highest BCUT2D eigenvalue weighted by Gasteiger charge is 2.17. The topological polar surface area (TPSA) is 56.8 Å². The van der Waals surface area contributed by atoms with Crippen LogP contribution >= 0.6 is 0 Å². The molecule has 1 heterocycles. The third-order valence-corrected chi connectivity index (χ3v) is 4.27. The summed E-state index contributed by atoms with van der Waals surface area (Å²) in [6.45, 7) is 3.68. The number of carbonyl (C=O) groups excluding carboxylic acids is 1. The maximum atomic E-state index is 12.7. The lowest BCUT2D eigenvalue weighted by atomic mass is 10.1. The van der Waals surface area contributed by atoms with Gasteiger partial charge in [-0.05, 0) is 50.5 Å². The second-order valence-corrected chi connectivity index (χ2v) is 6.18. The van der Waals surface area contributed by atoms with Gasteiger partial charge in [0.2, 0.25) is 0 Å². The van der Waals surface area contributed by atoms with E-state index in [-0.39, 0.29) is 12.0 Å². The summed E-state index contributed by atoms with van der Waals surface area (Å²) in [5.74, 6) is 0.990. The van der Waals surface area contributed by atoms with E-state index in [0.29, 0.717) is 36.0 Å². The molecule has 3 rings (SSSR count). The summed E-state index contributed by atoms with van der Waals surface area (Å²) in [6.07, 6.45) is 3.41. The number of carbonyl (C=O) groups is 1. The largest absolute Gasteiger partial charge is 0.493 e. The van der Waals surface area contributed by atoms with Crippen LogP contribution in [-0.2, 0) is 4.74 Å². The molecule has 1 aliphatic heterocycles. The predicted octanol–water partition coefficient (Wildman–Crippen LogP) is 4.29. The monoisotopic (exact) mass is 355 g/mol. The first-order valence-corrected chi connectivity index (χ1v) is 9.14. The van der Waals surface area contributed by atoms with Gasteiger partial charge in [-0.1, -0.05) is 24.3 Å². The van der Waals surface area contributed by atoms with Crippen molar-refractivity contribution in [1.82, 2.24) is 0 Å². The van der Waals surface area contributed by atoms with Gasteiger partial charge in [0.1, 0.15) is 18.1 Å². The normalized spacial score (nSPS) is 16.7. The molecule has 0 aliphatic carbocycles. The van der Waals surface area contributed by atoms with E-state index in [4.69, 9.17) is 14.2 Å². The van der Waals surface area contributed by atoms with Crippen LogP contribution in [0.15, 0.2) is 48.5 Å². The van der Waals surface area contributed by atoms with Crippen LogP contribution in [0.5, 0.6) is 11.5 Å². The molecule has 138 valence electrons. The highest BCUT2D eigenvalue weighted by Crippen LogP contribution is 2.27. The Morgan fingerprint density at radius 1 is 1.08 bits per heavy atom. The number of nitrogens with one attached hydrogen (secondary N) is 1. The van der Waals surface area contributed by atoms with Crippen molar-refractivity contribution in [3.05, 3.63) is 54.1 Å². The molecule has 5 nitrogen and oxygen atoms in total. The van der Waals surface area contributed by atoms with Gasteiger partial charge < -0.3 is 19.5 Å². The van der Waals surface area contributed by atoms with E-state index in [9.17, 15) is 4.79 Å². The molecule has 0 aromatic heterocycles. The summed E-state index contributed by atoms with van der Waals surface area (Å²) in [5, 5.41) is 2.93. The lowest BCUT2D eigenvalue weighted by Crippen LogP contribution is -2.26. The van der Waals surface area contributed by atoms with Gasteiger partial charge in [-0.15, -0.1) is 0 Å². The fraction of sp³-hybridized carbons (Fsp3) is 0.381. The Balaban J connectivity index is 1.68. The quantitative estimate of drug-likeness (QED) is 0.805. The Morgan fingerprint density at radius 3 is 2.62 bits per heavy atom. The van der Waals surface area contributed by atoms with Crippen LogP contribution in [-0.4, -0.2) is 31.8 Å². The molecule has 1 amide bonds. The van der Waals surface area contributed by atoms with Crippen LogP contribution in [0.1, 0.15) is 36.5 Å². The molecule has 1 saturated heterocycles. The van der Waals surface area contributed by atoms with E-state index in [0.717, 1.165) is 19.4 Å². The lowest BCUT2D eigenvalue weighted by molar-refractivity contribution is -0.0109. The number of anilines is 1. The van der Waals surface area contributed by atoms with Crippen LogP contribution in [0.3, 0.4) is 0 Å². The molecule has 0 saturated carbocycles. The molecule has 5 heteroatoms. The molecule has 0 radical (unpaired) electrons. The standard InChI is InChI=1S/C21H25NO4/c1-2-24-19-12-5-3-10-17(19)21(23)22-18-11-4-6-13-20(18)26-15-16-9-7-8-14-25-16/h3-6,10-13,16H,2,7-9,14-15H2,1H3,(H,22,23).